The van der Waals surface area contributed by atoms with Crippen LogP contribution in [0.1, 0.15) is 28.8 Å². The van der Waals surface area contributed by atoms with Gasteiger partial charge < -0.3 is 10.1 Å². The molecule has 1 fully saturated rings. The number of likely N-dealkylation sites (tertiary alicyclic amines) is 1. The lowest BCUT2D eigenvalue weighted by Crippen LogP contribution is -2.63. The lowest BCUT2D eigenvalue weighted by atomic mass is 9.96. The van der Waals surface area contributed by atoms with Crippen LogP contribution < -0.4 is 10.1 Å². The third-order valence-electron chi connectivity index (χ3n) is 5.59. The highest BCUT2D eigenvalue weighted by atomic mass is 16.5. The summed E-state index contributed by atoms with van der Waals surface area (Å²) in [5, 5.41) is 5.69. The van der Waals surface area contributed by atoms with E-state index in [9.17, 15) is 4.79 Å². The van der Waals surface area contributed by atoms with E-state index in [0.29, 0.717) is 17.9 Å². The summed E-state index contributed by atoms with van der Waals surface area (Å²) in [7, 11) is 0. The second-order valence-electron chi connectivity index (χ2n) is 7.50. The van der Waals surface area contributed by atoms with Crippen molar-refractivity contribution in [1.29, 1.82) is 0 Å². The third kappa shape index (κ3) is 2.96. The molecule has 4 heteroatoms. The van der Waals surface area contributed by atoms with Crippen LogP contribution in [0.25, 0.3) is 10.8 Å². The number of piperidine rings is 1. The molecular weight excluding hydrogens is 336 g/mol. The molecule has 2 aliphatic rings. The van der Waals surface area contributed by atoms with Crippen molar-refractivity contribution in [2.45, 2.75) is 25.1 Å². The smallest absolute Gasteiger partial charge is 0.258 e. The molecule has 0 saturated carbocycles. The van der Waals surface area contributed by atoms with Crippen LogP contribution in [0, 0.1) is 0 Å². The number of hydrogen-bond acceptors (Lipinski definition) is 3. The quantitative estimate of drug-likeness (QED) is 0.754. The molecule has 5 rings (SSSR count). The van der Waals surface area contributed by atoms with Crippen LogP contribution in [0.4, 0.5) is 0 Å². The first-order valence-electron chi connectivity index (χ1n) is 9.52. The number of amides is 1. The Hall–Kier alpha value is -2.85. The fourth-order valence-electron chi connectivity index (χ4n) is 4.35. The molecule has 0 radical (unpaired) electrons. The first-order valence-corrected chi connectivity index (χ1v) is 9.52. The van der Waals surface area contributed by atoms with Gasteiger partial charge in [-0.05, 0) is 41.4 Å². The van der Waals surface area contributed by atoms with Crippen LogP contribution >= 0.6 is 0 Å². The standard InChI is InChI=1S/C23H22N2O2/c26-22-20-11-3-4-12-21(20)27-23(24-22)13-6-14-25(16-23)15-18-9-5-8-17-7-1-2-10-19(17)18/h1-5,7-12H,6,13-16H2,(H,24,26). The average Bonchev–Trinajstić information content (AvgIpc) is 2.68. The van der Waals surface area contributed by atoms with Crippen molar-refractivity contribution in [2.75, 3.05) is 13.1 Å². The lowest BCUT2D eigenvalue weighted by Gasteiger charge is -2.45. The summed E-state index contributed by atoms with van der Waals surface area (Å²) in [4.78, 5) is 15.0. The summed E-state index contributed by atoms with van der Waals surface area (Å²) in [5.74, 6) is 0.650. The van der Waals surface area contributed by atoms with E-state index in [2.05, 4.69) is 52.7 Å². The minimum absolute atomic E-state index is 0.0381. The molecule has 0 bridgehead atoms. The summed E-state index contributed by atoms with van der Waals surface area (Å²) in [5.41, 5.74) is 1.30. The number of nitrogens with zero attached hydrogens (tertiary/aromatic N) is 1. The number of rotatable bonds is 2. The predicted molar refractivity (Wildman–Crippen MR) is 106 cm³/mol. The second-order valence-corrected chi connectivity index (χ2v) is 7.50. The molecule has 2 aliphatic heterocycles. The minimum Gasteiger partial charge on any atom is -0.466 e. The van der Waals surface area contributed by atoms with E-state index in [1.54, 1.807) is 0 Å². The zero-order chi connectivity index (χ0) is 18.3. The van der Waals surface area contributed by atoms with Crippen LogP contribution in [0.3, 0.4) is 0 Å². The SMILES string of the molecule is O=C1NC2(CCCN(Cc3cccc4ccccc34)C2)Oc2ccccc21. The monoisotopic (exact) mass is 358 g/mol. The molecule has 0 aliphatic carbocycles. The Bertz CT molecular complexity index is 1010. The molecular formula is C23H22N2O2. The molecule has 3 aromatic carbocycles. The summed E-state index contributed by atoms with van der Waals surface area (Å²) in [6.45, 7) is 2.55. The number of benzene rings is 3. The molecule has 27 heavy (non-hydrogen) atoms. The minimum atomic E-state index is -0.631. The first-order chi connectivity index (χ1) is 13.2. The molecule has 4 nitrogen and oxygen atoms in total. The van der Waals surface area contributed by atoms with E-state index in [4.69, 9.17) is 4.74 Å². The Labute approximate surface area is 158 Å². The van der Waals surface area contributed by atoms with E-state index < -0.39 is 5.72 Å². The van der Waals surface area contributed by atoms with Crippen LogP contribution in [0.2, 0.25) is 0 Å². The van der Waals surface area contributed by atoms with Crippen molar-refractivity contribution in [2.24, 2.45) is 0 Å². The molecule has 1 saturated heterocycles. The van der Waals surface area contributed by atoms with Gasteiger partial charge >= 0.3 is 0 Å². The van der Waals surface area contributed by atoms with Gasteiger partial charge in [0.1, 0.15) is 5.75 Å². The zero-order valence-corrected chi connectivity index (χ0v) is 15.2. The van der Waals surface area contributed by atoms with Crippen LogP contribution in [0.5, 0.6) is 5.75 Å². The topological polar surface area (TPSA) is 41.6 Å². The molecule has 1 spiro atoms. The molecule has 1 amide bonds. The highest BCUT2D eigenvalue weighted by Gasteiger charge is 2.43. The van der Waals surface area contributed by atoms with Gasteiger partial charge in [0.15, 0.2) is 5.72 Å². The van der Waals surface area contributed by atoms with Crippen molar-refractivity contribution in [3.8, 4) is 5.75 Å². The van der Waals surface area contributed by atoms with Crippen molar-refractivity contribution in [3.63, 3.8) is 0 Å². The van der Waals surface area contributed by atoms with Gasteiger partial charge in [0, 0.05) is 13.0 Å². The normalized spacial score (nSPS) is 22.3. The molecule has 2 heterocycles. The van der Waals surface area contributed by atoms with Gasteiger partial charge in [0.25, 0.3) is 5.91 Å². The third-order valence-corrected chi connectivity index (χ3v) is 5.59. The number of carbonyl (C=O) groups is 1. The van der Waals surface area contributed by atoms with Crippen molar-refractivity contribution in [3.05, 3.63) is 77.9 Å². The summed E-state index contributed by atoms with van der Waals surface area (Å²) in [6.07, 6.45) is 1.83. The number of para-hydroxylation sites is 1. The van der Waals surface area contributed by atoms with Crippen molar-refractivity contribution < 1.29 is 9.53 Å². The Morgan fingerprint density at radius 1 is 1.00 bits per heavy atom. The molecule has 1 N–H and O–H groups in total. The Morgan fingerprint density at radius 2 is 1.81 bits per heavy atom. The van der Waals surface area contributed by atoms with E-state index in [1.165, 1.54) is 16.3 Å². The maximum absolute atomic E-state index is 12.6. The molecule has 1 atom stereocenters. The van der Waals surface area contributed by atoms with Gasteiger partial charge in [-0.1, -0.05) is 54.6 Å². The van der Waals surface area contributed by atoms with Gasteiger partial charge in [-0.15, -0.1) is 0 Å². The number of hydrogen-bond donors (Lipinski definition) is 1. The van der Waals surface area contributed by atoms with Gasteiger partial charge in [-0.2, -0.15) is 0 Å². The van der Waals surface area contributed by atoms with Crippen LogP contribution in [-0.2, 0) is 6.54 Å². The van der Waals surface area contributed by atoms with Crippen molar-refractivity contribution >= 4 is 16.7 Å². The Morgan fingerprint density at radius 3 is 2.78 bits per heavy atom. The van der Waals surface area contributed by atoms with Crippen LogP contribution in [-0.4, -0.2) is 29.6 Å². The maximum Gasteiger partial charge on any atom is 0.258 e. The summed E-state index contributed by atoms with van der Waals surface area (Å²) >= 11 is 0. The van der Waals surface area contributed by atoms with E-state index >= 15 is 0 Å². The maximum atomic E-state index is 12.6. The zero-order valence-electron chi connectivity index (χ0n) is 15.2. The van der Waals surface area contributed by atoms with Crippen molar-refractivity contribution in [1.82, 2.24) is 10.2 Å². The van der Waals surface area contributed by atoms with E-state index in [-0.39, 0.29) is 5.91 Å². The number of carbonyl (C=O) groups excluding carboxylic acids is 1. The lowest BCUT2D eigenvalue weighted by molar-refractivity contribution is -0.0392. The fraction of sp³-hybridized carbons (Fsp3) is 0.261. The fourth-order valence-corrected chi connectivity index (χ4v) is 4.35. The van der Waals surface area contributed by atoms with Gasteiger partial charge in [-0.3, -0.25) is 9.69 Å². The summed E-state index contributed by atoms with van der Waals surface area (Å²) in [6, 6.07) is 22.4. The Balaban J connectivity index is 1.41. The number of nitrogens with one attached hydrogen (secondary N) is 1. The van der Waals surface area contributed by atoms with Crippen LogP contribution in [0.15, 0.2) is 66.7 Å². The van der Waals surface area contributed by atoms with Gasteiger partial charge in [0.2, 0.25) is 0 Å². The molecule has 0 aromatic heterocycles. The van der Waals surface area contributed by atoms with Gasteiger partial charge in [-0.25, -0.2) is 0 Å². The summed E-state index contributed by atoms with van der Waals surface area (Å²) < 4.78 is 6.31. The predicted octanol–water partition coefficient (Wildman–Crippen LogP) is 3.95. The molecule has 3 aromatic rings. The highest BCUT2D eigenvalue weighted by molar-refractivity contribution is 5.98. The van der Waals surface area contributed by atoms with Gasteiger partial charge in [0.05, 0.1) is 12.1 Å². The largest absolute Gasteiger partial charge is 0.466 e. The number of fused-ring (bicyclic) bond motifs is 2. The highest BCUT2D eigenvalue weighted by Crippen LogP contribution is 2.33. The van der Waals surface area contributed by atoms with E-state index in [1.807, 2.05) is 24.3 Å². The second kappa shape index (κ2) is 6.39. The number of ether oxygens (including phenoxy) is 1. The van der Waals surface area contributed by atoms with E-state index in [0.717, 1.165) is 25.9 Å². The average molecular weight is 358 g/mol. The molecule has 136 valence electrons. The molecule has 1 unspecified atom stereocenters. The first kappa shape index (κ1) is 16.3. The Kier molecular flexibility index (Phi) is 3.87.